The number of nitrogens with zero attached hydrogens (tertiary/aromatic N) is 1. The Kier molecular flexibility index (Phi) is 2.09. The van der Waals surface area contributed by atoms with Crippen molar-refractivity contribution >= 4 is 34.9 Å². The number of hydrogen-bond acceptors (Lipinski definition) is 2. The number of aromatic nitrogens is 2. The van der Waals surface area contributed by atoms with Gasteiger partial charge in [-0.1, -0.05) is 11.6 Å². The van der Waals surface area contributed by atoms with Crippen LogP contribution in [0.2, 0.25) is 5.02 Å². The van der Waals surface area contributed by atoms with Gasteiger partial charge >= 0.3 is 0 Å². The fourth-order valence-corrected chi connectivity index (χ4v) is 2.60. The molecule has 0 atom stereocenters. The molecular formula is C10H10ClN3S. The average molecular weight is 240 g/mol. The van der Waals surface area contributed by atoms with E-state index in [0.29, 0.717) is 0 Å². The molecule has 0 amide bonds. The van der Waals surface area contributed by atoms with E-state index < -0.39 is 0 Å². The third-order valence-corrected chi connectivity index (χ3v) is 3.47. The van der Waals surface area contributed by atoms with E-state index in [0.717, 1.165) is 46.0 Å². The molecule has 0 unspecified atom stereocenters. The fraction of sp³-hybridized carbons (Fsp3) is 0.300. The molecule has 3 nitrogen and oxygen atoms in total. The van der Waals surface area contributed by atoms with Gasteiger partial charge in [0.05, 0.1) is 11.0 Å². The molecule has 0 bridgehead atoms. The molecule has 3 rings (SSSR count). The van der Waals surface area contributed by atoms with Gasteiger partial charge in [-0.15, -0.1) is 0 Å². The summed E-state index contributed by atoms with van der Waals surface area (Å²) in [5.41, 5.74) is 3.36. The van der Waals surface area contributed by atoms with Gasteiger partial charge in [-0.05, 0) is 24.4 Å². The number of hydrogen-bond donors (Lipinski definition) is 2. The molecule has 0 saturated carbocycles. The lowest BCUT2D eigenvalue weighted by Gasteiger charge is -2.04. The van der Waals surface area contributed by atoms with Crippen LogP contribution in [0.1, 0.15) is 5.56 Å². The standard InChI is InChI=1S/C10H10ClN3S/c11-7-1-2-8-9-6(7)5-12-3-4-14(9)10(15)13-8/h1-2,12H,3-5H2,(H,13,15). The molecular weight excluding hydrogens is 230 g/mol. The van der Waals surface area contributed by atoms with Crippen molar-refractivity contribution < 1.29 is 0 Å². The molecule has 15 heavy (non-hydrogen) atoms. The maximum atomic E-state index is 6.19. The molecule has 0 spiro atoms. The zero-order chi connectivity index (χ0) is 10.4. The molecule has 0 fully saturated rings. The Hall–Kier alpha value is -0.840. The third-order valence-electron chi connectivity index (χ3n) is 2.80. The van der Waals surface area contributed by atoms with Gasteiger partial charge < -0.3 is 14.9 Å². The van der Waals surface area contributed by atoms with Crippen molar-refractivity contribution in [3.63, 3.8) is 0 Å². The Labute approximate surface area is 97.1 Å². The van der Waals surface area contributed by atoms with Crippen molar-refractivity contribution in [2.24, 2.45) is 0 Å². The lowest BCUT2D eigenvalue weighted by molar-refractivity contribution is 0.625. The van der Waals surface area contributed by atoms with E-state index in [4.69, 9.17) is 23.8 Å². The quantitative estimate of drug-likeness (QED) is 0.693. The summed E-state index contributed by atoms with van der Waals surface area (Å²) in [6.45, 7) is 2.63. The summed E-state index contributed by atoms with van der Waals surface area (Å²) >= 11 is 11.5. The molecule has 2 aromatic rings. The Morgan fingerprint density at radius 2 is 2.27 bits per heavy atom. The monoisotopic (exact) mass is 239 g/mol. The number of halogens is 1. The van der Waals surface area contributed by atoms with Crippen LogP contribution in [0.4, 0.5) is 0 Å². The van der Waals surface area contributed by atoms with Crippen molar-refractivity contribution in [3.05, 3.63) is 27.5 Å². The molecule has 0 aliphatic carbocycles. The zero-order valence-electron chi connectivity index (χ0n) is 8.01. The summed E-state index contributed by atoms with van der Waals surface area (Å²) < 4.78 is 2.89. The van der Waals surface area contributed by atoms with Gasteiger partial charge in [-0.3, -0.25) is 0 Å². The lowest BCUT2D eigenvalue weighted by Crippen LogP contribution is -2.15. The third kappa shape index (κ3) is 1.33. The van der Waals surface area contributed by atoms with Crippen LogP contribution in [0.5, 0.6) is 0 Å². The van der Waals surface area contributed by atoms with E-state index in [1.807, 2.05) is 12.1 Å². The van der Waals surface area contributed by atoms with E-state index in [1.54, 1.807) is 0 Å². The average Bonchev–Trinajstić information content (AvgIpc) is 2.44. The number of rotatable bonds is 0. The topological polar surface area (TPSA) is 32.8 Å². The largest absolute Gasteiger partial charge is 0.331 e. The van der Waals surface area contributed by atoms with Gasteiger partial charge in [0.1, 0.15) is 0 Å². The Bertz CT molecular complexity index is 584. The Morgan fingerprint density at radius 3 is 3.13 bits per heavy atom. The summed E-state index contributed by atoms with van der Waals surface area (Å²) in [6.07, 6.45) is 0. The van der Waals surface area contributed by atoms with Gasteiger partial charge in [0, 0.05) is 30.2 Å². The van der Waals surface area contributed by atoms with E-state index in [2.05, 4.69) is 14.9 Å². The first-order chi connectivity index (χ1) is 7.27. The maximum Gasteiger partial charge on any atom is 0.178 e. The smallest absolute Gasteiger partial charge is 0.178 e. The van der Waals surface area contributed by atoms with E-state index >= 15 is 0 Å². The van der Waals surface area contributed by atoms with Crippen LogP contribution in [-0.4, -0.2) is 16.1 Å². The highest BCUT2D eigenvalue weighted by Crippen LogP contribution is 2.27. The number of aromatic amines is 1. The van der Waals surface area contributed by atoms with E-state index in [9.17, 15) is 0 Å². The number of nitrogens with one attached hydrogen (secondary N) is 2. The Morgan fingerprint density at radius 1 is 1.40 bits per heavy atom. The maximum absolute atomic E-state index is 6.19. The van der Waals surface area contributed by atoms with Crippen LogP contribution in [0.25, 0.3) is 11.0 Å². The summed E-state index contributed by atoms with van der Waals surface area (Å²) in [7, 11) is 0. The first kappa shape index (κ1) is 9.39. The summed E-state index contributed by atoms with van der Waals surface area (Å²) in [4.78, 5) is 3.21. The molecule has 2 N–H and O–H groups in total. The van der Waals surface area contributed by atoms with Crippen molar-refractivity contribution in [1.82, 2.24) is 14.9 Å². The highest BCUT2D eigenvalue weighted by atomic mass is 35.5. The fourth-order valence-electron chi connectivity index (χ4n) is 2.09. The van der Waals surface area contributed by atoms with Crippen LogP contribution in [0.3, 0.4) is 0 Å². The van der Waals surface area contributed by atoms with Gasteiger partial charge in [0.15, 0.2) is 4.77 Å². The summed E-state index contributed by atoms with van der Waals surface area (Å²) in [5, 5.41) is 4.15. The predicted molar refractivity (Wildman–Crippen MR) is 63.8 cm³/mol. The van der Waals surface area contributed by atoms with Crippen LogP contribution in [0, 0.1) is 4.77 Å². The summed E-state index contributed by atoms with van der Waals surface area (Å²) in [5.74, 6) is 0. The minimum absolute atomic E-state index is 0.775. The van der Waals surface area contributed by atoms with E-state index in [-0.39, 0.29) is 0 Å². The van der Waals surface area contributed by atoms with Crippen LogP contribution >= 0.6 is 23.8 Å². The van der Waals surface area contributed by atoms with Gasteiger partial charge in [-0.2, -0.15) is 0 Å². The SMILES string of the molecule is S=c1[nH]c2ccc(Cl)c3c2n1CCNC3. The second-order valence-corrected chi connectivity index (χ2v) is 4.47. The second kappa shape index (κ2) is 3.33. The van der Waals surface area contributed by atoms with Crippen LogP contribution in [-0.2, 0) is 13.1 Å². The van der Waals surface area contributed by atoms with Crippen LogP contribution in [0.15, 0.2) is 12.1 Å². The Balaban J connectivity index is 2.50. The van der Waals surface area contributed by atoms with E-state index in [1.165, 1.54) is 0 Å². The van der Waals surface area contributed by atoms with Gasteiger partial charge in [0.25, 0.3) is 0 Å². The minimum atomic E-state index is 0.775. The zero-order valence-corrected chi connectivity index (χ0v) is 9.58. The molecule has 0 saturated heterocycles. The second-order valence-electron chi connectivity index (χ2n) is 3.68. The van der Waals surface area contributed by atoms with Crippen LogP contribution < -0.4 is 5.32 Å². The molecule has 1 aliphatic heterocycles. The molecule has 5 heteroatoms. The number of imidazole rings is 1. The van der Waals surface area contributed by atoms with Gasteiger partial charge in [-0.25, -0.2) is 0 Å². The molecule has 1 aromatic heterocycles. The first-order valence-corrected chi connectivity index (χ1v) is 5.66. The number of benzene rings is 1. The number of H-pyrrole nitrogens is 1. The van der Waals surface area contributed by atoms with Crippen molar-refractivity contribution in [3.8, 4) is 0 Å². The first-order valence-electron chi connectivity index (χ1n) is 4.88. The summed E-state index contributed by atoms with van der Waals surface area (Å²) in [6, 6.07) is 3.90. The molecule has 1 aliphatic rings. The molecule has 2 heterocycles. The highest BCUT2D eigenvalue weighted by Gasteiger charge is 2.14. The highest BCUT2D eigenvalue weighted by molar-refractivity contribution is 7.71. The minimum Gasteiger partial charge on any atom is -0.331 e. The molecule has 0 radical (unpaired) electrons. The van der Waals surface area contributed by atoms with Crippen molar-refractivity contribution in [2.75, 3.05) is 6.54 Å². The normalized spacial score (nSPS) is 15.5. The predicted octanol–water partition coefficient (Wildman–Crippen LogP) is 2.46. The van der Waals surface area contributed by atoms with Crippen molar-refractivity contribution in [1.29, 1.82) is 0 Å². The lowest BCUT2D eigenvalue weighted by atomic mass is 10.2. The molecule has 1 aromatic carbocycles. The molecule has 78 valence electrons. The van der Waals surface area contributed by atoms with Crippen molar-refractivity contribution in [2.45, 2.75) is 13.1 Å². The van der Waals surface area contributed by atoms with Gasteiger partial charge in [0.2, 0.25) is 0 Å².